The fourth-order valence-electron chi connectivity index (χ4n) is 2.91. The Balaban J connectivity index is 1.74. The largest absolute Gasteiger partial charge is 0.457 e. The lowest BCUT2D eigenvalue weighted by molar-refractivity contribution is -0.139. The number of carbonyl (C=O) groups is 3. The number of aryl methyl sites for hydroxylation is 2. The van der Waals surface area contributed by atoms with Crippen LogP contribution >= 0.6 is 11.8 Å². The molecule has 0 atom stereocenters. The molecular formula is C22H26N2O4S. The van der Waals surface area contributed by atoms with Crippen molar-refractivity contribution in [2.45, 2.75) is 27.3 Å². The molecule has 1 aromatic heterocycles. The predicted molar refractivity (Wildman–Crippen MR) is 117 cm³/mol. The van der Waals surface area contributed by atoms with E-state index in [1.807, 2.05) is 49.6 Å². The number of aromatic nitrogens is 1. The minimum atomic E-state index is -0.522. The topological polar surface area (TPSA) is 77.4 Å². The van der Waals surface area contributed by atoms with Gasteiger partial charge in [-0.3, -0.25) is 14.4 Å². The second-order valence-corrected chi connectivity index (χ2v) is 7.66. The van der Waals surface area contributed by atoms with E-state index in [4.69, 9.17) is 4.74 Å². The number of amides is 1. The summed E-state index contributed by atoms with van der Waals surface area (Å²) in [5, 5.41) is 2.78. The number of thioether (sulfide) groups is 1. The number of hydrogen-bond donors (Lipinski definition) is 1. The van der Waals surface area contributed by atoms with Crippen molar-refractivity contribution >= 4 is 35.1 Å². The molecule has 0 radical (unpaired) electrons. The van der Waals surface area contributed by atoms with E-state index in [1.165, 1.54) is 0 Å². The molecule has 0 aliphatic heterocycles. The van der Waals surface area contributed by atoms with Gasteiger partial charge in [-0.25, -0.2) is 0 Å². The summed E-state index contributed by atoms with van der Waals surface area (Å²) in [6, 6.07) is 9.27. The van der Waals surface area contributed by atoms with Gasteiger partial charge < -0.3 is 14.6 Å². The standard InChI is InChI=1S/C22H26N2O4S/c1-5-9-24-16(3)11-19(17(24)4)20(25)12-28-22(27)14-29-13-21(26)23-18-8-6-7-15(2)10-18/h5-8,10-11H,1,9,12-14H2,2-4H3,(H,23,26). The van der Waals surface area contributed by atoms with Crippen molar-refractivity contribution in [3.8, 4) is 0 Å². The number of carbonyl (C=O) groups excluding carboxylic acids is 3. The van der Waals surface area contributed by atoms with Crippen LogP contribution in [0.4, 0.5) is 5.69 Å². The van der Waals surface area contributed by atoms with Gasteiger partial charge >= 0.3 is 5.97 Å². The predicted octanol–water partition coefficient (Wildman–Crippen LogP) is 3.70. The quantitative estimate of drug-likeness (QED) is 0.364. The lowest BCUT2D eigenvalue weighted by Crippen LogP contribution is -2.18. The number of benzene rings is 1. The van der Waals surface area contributed by atoms with E-state index < -0.39 is 5.97 Å². The maximum absolute atomic E-state index is 12.4. The number of allylic oxidation sites excluding steroid dienone is 1. The highest BCUT2D eigenvalue weighted by Gasteiger charge is 2.17. The molecule has 7 heteroatoms. The lowest BCUT2D eigenvalue weighted by atomic mass is 10.1. The monoisotopic (exact) mass is 414 g/mol. The zero-order valence-corrected chi connectivity index (χ0v) is 17.8. The number of esters is 1. The van der Waals surface area contributed by atoms with Gasteiger partial charge in [0.1, 0.15) is 0 Å². The molecule has 2 rings (SSSR count). The lowest BCUT2D eigenvalue weighted by Gasteiger charge is -2.07. The fourth-order valence-corrected chi connectivity index (χ4v) is 3.52. The van der Waals surface area contributed by atoms with Gasteiger partial charge in [0.05, 0.1) is 11.5 Å². The summed E-state index contributed by atoms with van der Waals surface area (Å²) in [4.78, 5) is 36.2. The normalized spacial score (nSPS) is 10.4. The number of hydrogen-bond acceptors (Lipinski definition) is 5. The first-order valence-electron chi connectivity index (χ1n) is 9.22. The van der Waals surface area contributed by atoms with Gasteiger partial charge in [-0.2, -0.15) is 0 Å². The van der Waals surface area contributed by atoms with Crippen LogP contribution < -0.4 is 5.32 Å². The molecule has 0 fully saturated rings. The number of nitrogens with one attached hydrogen (secondary N) is 1. The van der Waals surface area contributed by atoms with Gasteiger partial charge in [-0.15, -0.1) is 18.3 Å². The first-order chi connectivity index (χ1) is 13.8. The van der Waals surface area contributed by atoms with E-state index >= 15 is 0 Å². The fraction of sp³-hybridized carbons (Fsp3) is 0.318. The Bertz CT molecular complexity index is 918. The summed E-state index contributed by atoms with van der Waals surface area (Å²) in [7, 11) is 0. The number of Topliss-reactive ketones (excluding diaryl/α,β-unsaturated/α-hetero) is 1. The molecule has 0 spiro atoms. The van der Waals surface area contributed by atoms with Crippen molar-refractivity contribution in [2.75, 3.05) is 23.4 Å². The second kappa shape index (κ2) is 10.7. The van der Waals surface area contributed by atoms with Crippen molar-refractivity contribution in [2.24, 2.45) is 0 Å². The van der Waals surface area contributed by atoms with Crippen LogP contribution in [0.1, 0.15) is 27.3 Å². The third-order valence-corrected chi connectivity index (χ3v) is 5.21. The number of nitrogens with zero attached hydrogens (tertiary/aromatic N) is 1. The van der Waals surface area contributed by atoms with Crippen LogP contribution in [-0.4, -0.2) is 40.3 Å². The molecular weight excluding hydrogens is 388 g/mol. The van der Waals surface area contributed by atoms with E-state index in [1.54, 1.807) is 12.1 Å². The van der Waals surface area contributed by atoms with Gasteiger partial charge in [0.15, 0.2) is 6.61 Å². The van der Waals surface area contributed by atoms with Gasteiger partial charge in [0.25, 0.3) is 0 Å². The molecule has 0 aliphatic rings. The molecule has 1 aromatic carbocycles. The molecule has 1 amide bonds. The Morgan fingerprint density at radius 3 is 2.62 bits per heavy atom. The molecule has 1 heterocycles. The van der Waals surface area contributed by atoms with Crippen molar-refractivity contribution in [1.29, 1.82) is 0 Å². The summed E-state index contributed by atoms with van der Waals surface area (Å²) in [5.41, 5.74) is 4.09. The average Bonchev–Trinajstić information content (AvgIpc) is 2.95. The van der Waals surface area contributed by atoms with Crippen LogP contribution in [0.3, 0.4) is 0 Å². The van der Waals surface area contributed by atoms with E-state index in [9.17, 15) is 14.4 Å². The van der Waals surface area contributed by atoms with Crippen molar-refractivity contribution in [3.63, 3.8) is 0 Å². The van der Waals surface area contributed by atoms with E-state index in [0.717, 1.165) is 34.4 Å². The maximum Gasteiger partial charge on any atom is 0.316 e. The summed E-state index contributed by atoms with van der Waals surface area (Å²) in [6.07, 6.45) is 1.76. The van der Waals surface area contributed by atoms with Crippen LogP contribution in [0.2, 0.25) is 0 Å². The molecule has 154 valence electrons. The zero-order valence-electron chi connectivity index (χ0n) is 17.0. The van der Waals surface area contributed by atoms with Gasteiger partial charge in [-0.1, -0.05) is 18.2 Å². The van der Waals surface area contributed by atoms with E-state index in [-0.39, 0.29) is 29.8 Å². The van der Waals surface area contributed by atoms with E-state index in [0.29, 0.717) is 12.1 Å². The van der Waals surface area contributed by atoms with E-state index in [2.05, 4.69) is 11.9 Å². The van der Waals surface area contributed by atoms with Gasteiger partial charge in [0, 0.05) is 29.2 Å². The minimum Gasteiger partial charge on any atom is -0.457 e. The third-order valence-electron chi connectivity index (χ3n) is 4.30. The second-order valence-electron chi connectivity index (χ2n) is 6.68. The van der Waals surface area contributed by atoms with Crippen LogP contribution in [0.5, 0.6) is 0 Å². The summed E-state index contributed by atoms with van der Waals surface area (Å²) < 4.78 is 7.04. The van der Waals surface area contributed by atoms with Crippen molar-refractivity contribution < 1.29 is 19.1 Å². The first-order valence-corrected chi connectivity index (χ1v) is 10.4. The van der Waals surface area contributed by atoms with Crippen molar-refractivity contribution in [1.82, 2.24) is 4.57 Å². The Morgan fingerprint density at radius 2 is 1.93 bits per heavy atom. The molecule has 0 unspecified atom stereocenters. The molecule has 0 aliphatic carbocycles. The summed E-state index contributed by atoms with van der Waals surface area (Å²) >= 11 is 1.14. The smallest absolute Gasteiger partial charge is 0.316 e. The highest BCUT2D eigenvalue weighted by atomic mass is 32.2. The average molecular weight is 415 g/mol. The van der Waals surface area contributed by atoms with Crippen molar-refractivity contribution in [3.05, 3.63) is 65.5 Å². The van der Waals surface area contributed by atoms with Crippen LogP contribution in [-0.2, 0) is 20.9 Å². The summed E-state index contributed by atoms with van der Waals surface area (Å²) in [5.74, 6) is -0.835. The molecule has 6 nitrogen and oxygen atoms in total. The molecule has 29 heavy (non-hydrogen) atoms. The Kier molecular flexibility index (Phi) is 8.27. The summed E-state index contributed by atoms with van der Waals surface area (Å²) in [6.45, 7) is 9.73. The van der Waals surface area contributed by atoms with Crippen LogP contribution in [0.25, 0.3) is 0 Å². The zero-order chi connectivity index (χ0) is 21.4. The minimum absolute atomic E-state index is 0.00397. The van der Waals surface area contributed by atoms with Crippen LogP contribution in [0, 0.1) is 20.8 Å². The van der Waals surface area contributed by atoms with Crippen LogP contribution in [0.15, 0.2) is 43.0 Å². The van der Waals surface area contributed by atoms with Gasteiger partial charge in [-0.05, 0) is 44.5 Å². The maximum atomic E-state index is 12.4. The molecule has 0 saturated carbocycles. The SMILES string of the molecule is C=CCn1c(C)cc(C(=O)COC(=O)CSCC(=O)Nc2cccc(C)c2)c1C. The third kappa shape index (κ3) is 6.64. The first kappa shape index (κ1) is 22.5. The molecule has 1 N–H and O–H groups in total. The van der Waals surface area contributed by atoms with Gasteiger partial charge in [0.2, 0.25) is 11.7 Å². The Morgan fingerprint density at radius 1 is 1.17 bits per heavy atom. The number of anilines is 1. The number of ketones is 1. The number of ether oxygens (including phenoxy) is 1. The molecule has 2 aromatic rings. The Labute approximate surface area is 175 Å². The molecule has 0 saturated heterocycles. The highest BCUT2D eigenvalue weighted by Crippen LogP contribution is 2.16. The number of rotatable bonds is 10. The highest BCUT2D eigenvalue weighted by molar-refractivity contribution is 8.00. The molecule has 0 bridgehead atoms. The Hall–Kier alpha value is -2.80.